The number of nitrogens with one attached hydrogen (secondary N) is 1. The van der Waals surface area contributed by atoms with E-state index in [1.807, 2.05) is 4.90 Å². The smallest absolute Gasteiger partial charge is 0.251 e. The van der Waals surface area contributed by atoms with Crippen LogP contribution in [-0.2, 0) is 11.2 Å². The van der Waals surface area contributed by atoms with Crippen LogP contribution in [-0.4, -0.2) is 53.4 Å². The number of aryl methyl sites for hydroxylation is 1. The van der Waals surface area contributed by atoms with Crippen LogP contribution in [0.25, 0.3) is 10.9 Å². The molecule has 3 rings (SSSR count). The summed E-state index contributed by atoms with van der Waals surface area (Å²) in [5.74, 6) is -0.296. The molecule has 0 bridgehead atoms. The Hall–Kier alpha value is -2.21. The van der Waals surface area contributed by atoms with Crippen molar-refractivity contribution in [2.45, 2.75) is 33.6 Å². The van der Waals surface area contributed by atoms with Gasteiger partial charge in [-0.15, -0.1) is 0 Å². The maximum Gasteiger partial charge on any atom is 0.251 e. The number of aromatic amines is 1. The van der Waals surface area contributed by atoms with Gasteiger partial charge in [-0.3, -0.25) is 14.5 Å². The lowest BCUT2D eigenvalue weighted by Crippen LogP contribution is -2.50. The number of carbonyl (C=O) groups excluding carboxylic acids is 1. The first-order valence-corrected chi connectivity index (χ1v) is 9.53. The minimum absolute atomic E-state index is 0.0870. The van der Waals surface area contributed by atoms with Crippen LogP contribution in [0.1, 0.15) is 32.8 Å². The predicted octanol–water partition coefficient (Wildman–Crippen LogP) is 2.79. The largest absolute Gasteiger partial charge is 0.340 e. The van der Waals surface area contributed by atoms with Gasteiger partial charge in [0.25, 0.3) is 5.56 Å². The number of rotatable bonds is 4. The van der Waals surface area contributed by atoms with E-state index < -0.39 is 0 Å². The number of halogens is 1. The van der Waals surface area contributed by atoms with E-state index in [1.54, 1.807) is 12.1 Å². The Bertz CT molecular complexity index is 877. The number of carbonyl (C=O) groups is 1. The zero-order chi connectivity index (χ0) is 19.6. The minimum Gasteiger partial charge on any atom is -0.340 e. The first-order chi connectivity index (χ1) is 12.7. The molecule has 146 valence electrons. The Balaban J connectivity index is 1.57. The normalized spacial score (nSPS) is 16.1. The van der Waals surface area contributed by atoms with Gasteiger partial charge in [0.15, 0.2) is 0 Å². The molecule has 5 nitrogen and oxygen atoms in total. The molecule has 1 amide bonds. The fourth-order valence-corrected chi connectivity index (χ4v) is 3.63. The number of amides is 1. The van der Waals surface area contributed by atoms with Crippen LogP contribution in [0.2, 0.25) is 0 Å². The number of fused-ring (bicyclic) bond motifs is 1. The van der Waals surface area contributed by atoms with Crippen molar-refractivity contribution >= 4 is 16.8 Å². The molecular formula is C21H28FN3O2. The van der Waals surface area contributed by atoms with Crippen LogP contribution in [0.3, 0.4) is 0 Å². The third-order valence-corrected chi connectivity index (χ3v) is 4.92. The maximum absolute atomic E-state index is 13.3. The SMILES string of the molecule is CC(C)(C)CN1CCN(C(=O)CCc2cc3ccc(F)cc3[nH]c2=O)CC1. The summed E-state index contributed by atoms with van der Waals surface area (Å²) in [5.41, 5.74) is 1.04. The second-order valence-electron chi connectivity index (χ2n) is 8.57. The second kappa shape index (κ2) is 7.80. The molecule has 1 aliphatic rings. The van der Waals surface area contributed by atoms with Gasteiger partial charge in [-0.25, -0.2) is 4.39 Å². The summed E-state index contributed by atoms with van der Waals surface area (Å²) < 4.78 is 13.3. The summed E-state index contributed by atoms with van der Waals surface area (Å²) in [4.78, 5) is 31.7. The van der Waals surface area contributed by atoms with Gasteiger partial charge < -0.3 is 9.88 Å². The van der Waals surface area contributed by atoms with Crippen molar-refractivity contribution < 1.29 is 9.18 Å². The molecule has 1 aliphatic heterocycles. The van der Waals surface area contributed by atoms with Crippen molar-refractivity contribution in [3.8, 4) is 0 Å². The quantitative estimate of drug-likeness (QED) is 0.897. The van der Waals surface area contributed by atoms with Crippen molar-refractivity contribution in [2.24, 2.45) is 5.41 Å². The van der Waals surface area contributed by atoms with Crippen LogP contribution in [0.15, 0.2) is 29.1 Å². The zero-order valence-electron chi connectivity index (χ0n) is 16.3. The number of hydrogen-bond donors (Lipinski definition) is 1. The van der Waals surface area contributed by atoms with Gasteiger partial charge >= 0.3 is 0 Å². The molecule has 0 atom stereocenters. The molecule has 1 N–H and O–H groups in total. The zero-order valence-corrected chi connectivity index (χ0v) is 16.3. The molecule has 2 aromatic rings. The molecule has 2 heterocycles. The lowest BCUT2D eigenvalue weighted by molar-refractivity contribution is -0.133. The van der Waals surface area contributed by atoms with Crippen molar-refractivity contribution in [2.75, 3.05) is 32.7 Å². The van der Waals surface area contributed by atoms with E-state index in [9.17, 15) is 14.0 Å². The van der Waals surface area contributed by atoms with Gasteiger partial charge in [-0.05, 0) is 41.5 Å². The summed E-state index contributed by atoms with van der Waals surface area (Å²) in [7, 11) is 0. The molecule has 1 fully saturated rings. The highest BCUT2D eigenvalue weighted by molar-refractivity contribution is 5.79. The summed E-state index contributed by atoms with van der Waals surface area (Å²) in [6, 6.07) is 6.07. The average molecular weight is 373 g/mol. The van der Waals surface area contributed by atoms with Crippen molar-refractivity contribution in [1.29, 1.82) is 0 Å². The van der Waals surface area contributed by atoms with Gasteiger partial charge in [0, 0.05) is 44.7 Å². The van der Waals surface area contributed by atoms with Gasteiger partial charge in [0.05, 0.1) is 5.52 Å². The molecule has 0 unspecified atom stereocenters. The van der Waals surface area contributed by atoms with Crippen molar-refractivity contribution in [1.82, 2.24) is 14.8 Å². The summed E-state index contributed by atoms with van der Waals surface area (Å²) >= 11 is 0. The number of nitrogens with zero attached hydrogens (tertiary/aromatic N) is 2. The second-order valence-corrected chi connectivity index (χ2v) is 8.57. The molecule has 1 aromatic heterocycles. The fourth-order valence-electron chi connectivity index (χ4n) is 3.63. The van der Waals surface area contributed by atoms with E-state index >= 15 is 0 Å². The van der Waals surface area contributed by atoms with E-state index in [2.05, 4.69) is 30.7 Å². The van der Waals surface area contributed by atoms with E-state index in [1.165, 1.54) is 12.1 Å². The van der Waals surface area contributed by atoms with E-state index in [4.69, 9.17) is 0 Å². The molecule has 6 heteroatoms. The molecule has 0 aliphatic carbocycles. The molecule has 1 saturated heterocycles. The number of hydrogen-bond acceptors (Lipinski definition) is 3. The number of benzene rings is 1. The van der Waals surface area contributed by atoms with Gasteiger partial charge in [0.1, 0.15) is 5.82 Å². The lowest BCUT2D eigenvalue weighted by Gasteiger charge is -2.37. The first kappa shape index (κ1) is 19.5. The molecule has 0 radical (unpaired) electrons. The average Bonchev–Trinajstić information content (AvgIpc) is 2.59. The monoisotopic (exact) mass is 373 g/mol. The van der Waals surface area contributed by atoms with E-state index in [0.717, 1.165) is 38.1 Å². The summed E-state index contributed by atoms with van der Waals surface area (Å²) in [5, 5.41) is 0.772. The molecule has 0 saturated carbocycles. The molecule has 1 aromatic carbocycles. The minimum atomic E-state index is -0.383. The standard InChI is InChI=1S/C21H28FN3O2/c1-21(2,3)14-24-8-10-25(11-9-24)19(26)7-5-16-12-15-4-6-17(22)13-18(15)23-20(16)27/h4,6,12-13H,5,7-11,14H2,1-3H3,(H,23,27). The predicted molar refractivity (Wildman–Crippen MR) is 105 cm³/mol. The molecule has 27 heavy (non-hydrogen) atoms. The van der Waals surface area contributed by atoms with Crippen molar-refractivity contribution in [3.63, 3.8) is 0 Å². The molecular weight excluding hydrogens is 345 g/mol. The summed E-state index contributed by atoms with van der Waals surface area (Å²) in [6.45, 7) is 11.0. The number of aromatic nitrogens is 1. The first-order valence-electron chi connectivity index (χ1n) is 9.53. The highest BCUT2D eigenvalue weighted by atomic mass is 19.1. The Morgan fingerprint density at radius 1 is 1.15 bits per heavy atom. The Kier molecular flexibility index (Phi) is 5.65. The fraction of sp³-hybridized carbons (Fsp3) is 0.524. The van der Waals surface area contributed by atoms with Crippen LogP contribution in [0, 0.1) is 11.2 Å². The van der Waals surface area contributed by atoms with Crippen LogP contribution in [0.4, 0.5) is 4.39 Å². The highest BCUT2D eigenvalue weighted by Gasteiger charge is 2.24. The lowest BCUT2D eigenvalue weighted by atomic mass is 9.96. The summed E-state index contributed by atoms with van der Waals surface area (Å²) in [6.07, 6.45) is 0.707. The Morgan fingerprint density at radius 3 is 2.52 bits per heavy atom. The van der Waals surface area contributed by atoms with Crippen LogP contribution in [0.5, 0.6) is 0 Å². The van der Waals surface area contributed by atoms with Crippen molar-refractivity contribution in [3.05, 3.63) is 46.0 Å². The Labute approximate surface area is 159 Å². The van der Waals surface area contributed by atoms with E-state index in [-0.39, 0.29) is 22.7 Å². The van der Waals surface area contributed by atoms with Crippen LogP contribution < -0.4 is 5.56 Å². The van der Waals surface area contributed by atoms with Gasteiger partial charge in [-0.2, -0.15) is 0 Å². The topological polar surface area (TPSA) is 56.4 Å². The van der Waals surface area contributed by atoms with E-state index in [0.29, 0.717) is 23.9 Å². The number of pyridine rings is 1. The van der Waals surface area contributed by atoms with Gasteiger partial charge in [-0.1, -0.05) is 20.8 Å². The van der Waals surface area contributed by atoms with Crippen LogP contribution >= 0.6 is 0 Å². The highest BCUT2D eigenvalue weighted by Crippen LogP contribution is 2.17. The number of piperazine rings is 1. The maximum atomic E-state index is 13.3. The Morgan fingerprint density at radius 2 is 1.85 bits per heavy atom. The number of H-pyrrole nitrogens is 1. The van der Waals surface area contributed by atoms with Gasteiger partial charge in [0.2, 0.25) is 5.91 Å². The molecule has 0 spiro atoms. The third-order valence-electron chi connectivity index (χ3n) is 4.92. The third kappa shape index (κ3) is 5.16.